The number of nitrogens with zero attached hydrogens (tertiary/aromatic N) is 1. The topological polar surface area (TPSA) is 45.5 Å². The van der Waals surface area contributed by atoms with Crippen molar-refractivity contribution in [3.05, 3.63) is 34.5 Å². The number of hydrogen-bond acceptors (Lipinski definition) is 3. The molecule has 19 heavy (non-hydrogen) atoms. The molecule has 4 nitrogen and oxygen atoms in total. The van der Waals surface area contributed by atoms with Crippen LogP contribution in [0.4, 0.5) is 0 Å². The molecular weight excluding hydrogens is 308 g/mol. The smallest absolute Gasteiger partial charge is 0.287 e. The summed E-state index contributed by atoms with van der Waals surface area (Å²) in [5.41, 5.74) is 0.716. The SMILES string of the molecule is CN(C)CCCNC(=O)c1cc2c(Br)cccc2o1. The van der Waals surface area contributed by atoms with Gasteiger partial charge in [-0.05, 0) is 45.3 Å². The Hall–Kier alpha value is -1.33. The van der Waals surface area contributed by atoms with Crippen LogP contribution in [0.15, 0.2) is 33.2 Å². The van der Waals surface area contributed by atoms with Crippen LogP contribution >= 0.6 is 15.9 Å². The Bertz CT molecular complexity index is 578. The minimum Gasteiger partial charge on any atom is -0.451 e. The van der Waals surface area contributed by atoms with Crippen LogP contribution in [0.3, 0.4) is 0 Å². The van der Waals surface area contributed by atoms with E-state index in [9.17, 15) is 4.79 Å². The van der Waals surface area contributed by atoms with Crippen LogP contribution in [0.1, 0.15) is 17.0 Å². The highest BCUT2D eigenvalue weighted by molar-refractivity contribution is 9.10. The standard InChI is InChI=1S/C14H17BrN2O2/c1-17(2)8-4-7-16-14(18)13-9-10-11(15)5-3-6-12(10)19-13/h3,5-6,9H,4,7-8H2,1-2H3,(H,16,18). The molecule has 1 heterocycles. The zero-order chi connectivity index (χ0) is 13.8. The number of fused-ring (bicyclic) bond motifs is 1. The van der Waals surface area contributed by atoms with Crippen LogP contribution in [0.25, 0.3) is 11.0 Å². The van der Waals surface area contributed by atoms with E-state index in [2.05, 4.69) is 26.1 Å². The van der Waals surface area contributed by atoms with Gasteiger partial charge >= 0.3 is 0 Å². The van der Waals surface area contributed by atoms with Crippen molar-refractivity contribution in [1.82, 2.24) is 10.2 Å². The maximum absolute atomic E-state index is 11.9. The normalized spacial score (nSPS) is 11.2. The van der Waals surface area contributed by atoms with E-state index in [0.717, 1.165) is 22.8 Å². The Morgan fingerprint density at radius 2 is 2.21 bits per heavy atom. The lowest BCUT2D eigenvalue weighted by molar-refractivity contribution is 0.0927. The average molecular weight is 325 g/mol. The molecule has 0 saturated heterocycles. The Balaban J connectivity index is 2.00. The van der Waals surface area contributed by atoms with Gasteiger partial charge in [-0.2, -0.15) is 0 Å². The van der Waals surface area contributed by atoms with Gasteiger partial charge in [0.05, 0.1) is 0 Å². The van der Waals surface area contributed by atoms with Crippen LogP contribution in [-0.2, 0) is 0 Å². The monoisotopic (exact) mass is 324 g/mol. The Labute approximate surface area is 120 Å². The van der Waals surface area contributed by atoms with E-state index >= 15 is 0 Å². The van der Waals surface area contributed by atoms with Gasteiger partial charge in [-0.25, -0.2) is 0 Å². The summed E-state index contributed by atoms with van der Waals surface area (Å²) in [6.07, 6.45) is 0.919. The fraction of sp³-hybridized carbons (Fsp3) is 0.357. The maximum atomic E-state index is 11.9. The fourth-order valence-electron chi connectivity index (χ4n) is 1.82. The molecule has 0 fully saturated rings. The molecule has 1 aromatic heterocycles. The fourth-order valence-corrected chi connectivity index (χ4v) is 2.28. The second-order valence-electron chi connectivity index (χ2n) is 4.68. The van der Waals surface area contributed by atoms with E-state index in [1.54, 1.807) is 6.07 Å². The molecule has 0 aliphatic carbocycles. The van der Waals surface area contributed by atoms with Crippen molar-refractivity contribution < 1.29 is 9.21 Å². The number of carbonyl (C=O) groups is 1. The van der Waals surface area contributed by atoms with E-state index in [1.807, 2.05) is 32.3 Å². The predicted molar refractivity (Wildman–Crippen MR) is 79.4 cm³/mol. The molecule has 0 aliphatic heterocycles. The first-order valence-corrected chi connectivity index (χ1v) is 6.98. The summed E-state index contributed by atoms with van der Waals surface area (Å²) >= 11 is 3.44. The van der Waals surface area contributed by atoms with Crippen LogP contribution < -0.4 is 5.32 Å². The Morgan fingerprint density at radius 3 is 2.89 bits per heavy atom. The van der Waals surface area contributed by atoms with Gasteiger partial charge < -0.3 is 14.6 Å². The molecule has 5 heteroatoms. The zero-order valence-corrected chi connectivity index (χ0v) is 12.7. The first-order chi connectivity index (χ1) is 9.08. The summed E-state index contributed by atoms with van der Waals surface area (Å²) < 4.78 is 6.47. The van der Waals surface area contributed by atoms with E-state index in [-0.39, 0.29) is 5.91 Å². The van der Waals surface area contributed by atoms with Crippen molar-refractivity contribution in [2.45, 2.75) is 6.42 Å². The molecule has 0 aliphatic rings. The molecular formula is C14H17BrN2O2. The number of amides is 1. The Morgan fingerprint density at radius 1 is 1.42 bits per heavy atom. The highest BCUT2D eigenvalue weighted by atomic mass is 79.9. The highest BCUT2D eigenvalue weighted by Crippen LogP contribution is 2.26. The third kappa shape index (κ3) is 3.58. The van der Waals surface area contributed by atoms with Crippen molar-refractivity contribution >= 4 is 32.8 Å². The largest absolute Gasteiger partial charge is 0.451 e. The number of halogens is 1. The summed E-state index contributed by atoms with van der Waals surface area (Å²) in [4.78, 5) is 14.0. The minimum atomic E-state index is -0.165. The van der Waals surface area contributed by atoms with Crippen LogP contribution in [-0.4, -0.2) is 38.0 Å². The van der Waals surface area contributed by atoms with E-state index in [4.69, 9.17) is 4.42 Å². The van der Waals surface area contributed by atoms with Crippen molar-refractivity contribution in [2.75, 3.05) is 27.2 Å². The van der Waals surface area contributed by atoms with Gasteiger partial charge in [-0.3, -0.25) is 4.79 Å². The second kappa shape index (κ2) is 6.21. The van der Waals surface area contributed by atoms with Crippen molar-refractivity contribution in [2.24, 2.45) is 0 Å². The third-order valence-electron chi connectivity index (χ3n) is 2.80. The molecule has 1 N–H and O–H groups in total. The van der Waals surface area contributed by atoms with E-state index in [1.165, 1.54) is 0 Å². The van der Waals surface area contributed by atoms with Gasteiger partial charge in [0.15, 0.2) is 5.76 Å². The van der Waals surface area contributed by atoms with Gasteiger partial charge in [-0.1, -0.05) is 22.0 Å². The van der Waals surface area contributed by atoms with Crippen molar-refractivity contribution in [3.8, 4) is 0 Å². The molecule has 0 spiro atoms. The molecule has 102 valence electrons. The molecule has 1 amide bonds. The first-order valence-electron chi connectivity index (χ1n) is 6.19. The first kappa shape index (κ1) is 14.1. The number of nitrogens with one attached hydrogen (secondary N) is 1. The summed E-state index contributed by atoms with van der Waals surface area (Å²) in [6, 6.07) is 7.43. The second-order valence-corrected chi connectivity index (χ2v) is 5.53. The molecule has 0 saturated carbocycles. The van der Waals surface area contributed by atoms with Crippen molar-refractivity contribution in [1.29, 1.82) is 0 Å². The van der Waals surface area contributed by atoms with E-state index in [0.29, 0.717) is 17.9 Å². The van der Waals surface area contributed by atoms with Crippen LogP contribution in [0.5, 0.6) is 0 Å². The number of benzene rings is 1. The summed E-state index contributed by atoms with van der Waals surface area (Å²) in [6.45, 7) is 1.60. The van der Waals surface area contributed by atoms with Gasteiger partial charge in [0.2, 0.25) is 0 Å². The number of carbonyl (C=O) groups excluding carboxylic acids is 1. The summed E-state index contributed by atoms with van der Waals surface area (Å²) in [5, 5.41) is 3.78. The molecule has 0 radical (unpaired) electrons. The quantitative estimate of drug-likeness (QED) is 0.860. The maximum Gasteiger partial charge on any atom is 0.287 e. The van der Waals surface area contributed by atoms with E-state index < -0.39 is 0 Å². The predicted octanol–water partition coefficient (Wildman–Crippen LogP) is 2.88. The van der Waals surface area contributed by atoms with Crippen LogP contribution in [0.2, 0.25) is 0 Å². The van der Waals surface area contributed by atoms with Gasteiger partial charge in [0, 0.05) is 16.4 Å². The lowest BCUT2D eigenvalue weighted by atomic mass is 10.2. The number of furan rings is 1. The minimum absolute atomic E-state index is 0.165. The number of rotatable bonds is 5. The van der Waals surface area contributed by atoms with Crippen molar-refractivity contribution in [3.63, 3.8) is 0 Å². The lowest BCUT2D eigenvalue weighted by Gasteiger charge is -2.08. The number of hydrogen-bond donors (Lipinski definition) is 1. The Kier molecular flexibility index (Phi) is 4.61. The van der Waals surface area contributed by atoms with Gasteiger partial charge in [-0.15, -0.1) is 0 Å². The molecule has 2 rings (SSSR count). The zero-order valence-electron chi connectivity index (χ0n) is 11.1. The third-order valence-corrected chi connectivity index (χ3v) is 3.49. The van der Waals surface area contributed by atoms with Gasteiger partial charge in [0.1, 0.15) is 5.58 Å². The summed E-state index contributed by atoms with van der Waals surface area (Å²) in [7, 11) is 4.02. The average Bonchev–Trinajstić information content (AvgIpc) is 2.79. The molecule has 0 unspecified atom stereocenters. The summed E-state index contributed by atoms with van der Waals surface area (Å²) in [5.74, 6) is 0.189. The van der Waals surface area contributed by atoms with Gasteiger partial charge in [0.25, 0.3) is 5.91 Å². The van der Waals surface area contributed by atoms with Crippen LogP contribution in [0, 0.1) is 0 Å². The molecule has 1 aromatic carbocycles. The molecule has 0 bridgehead atoms. The molecule has 0 atom stereocenters. The highest BCUT2D eigenvalue weighted by Gasteiger charge is 2.12. The molecule has 2 aromatic rings. The lowest BCUT2D eigenvalue weighted by Crippen LogP contribution is -2.26.